The summed E-state index contributed by atoms with van der Waals surface area (Å²) >= 11 is 1.54. The Labute approximate surface area is 192 Å². The Morgan fingerprint density at radius 1 is 1.39 bits per heavy atom. The van der Waals surface area contributed by atoms with Gasteiger partial charge in [0.15, 0.2) is 5.82 Å². The Kier molecular flexibility index (Phi) is 5.02. The molecule has 3 aliphatic rings. The minimum absolute atomic E-state index is 0.116. The number of hydrazone groups is 1. The molecule has 3 heterocycles. The lowest BCUT2D eigenvalue weighted by molar-refractivity contribution is -0.385. The molecule has 1 aromatic heterocycles. The van der Waals surface area contributed by atoms with Crippen LogP contribution in [0.1, 0.15) is 18.2 Å². The summed E-state index contributed by atoms with van der Waals surface area (Å²) in [6, 6.07) is 6.83. The summed E-state index contributed by atoms with van der Waals surface area (Å²) in [5.41, 5.74) is 1.82. The number of hydrogen-bond acceptors (Lipinski definition) is 8. The van der Waals surface area contributed by atoms with Crippen LogP contribution in [0.5, 0.6) is 0 Å². The molecule has 0 radical (unpaired) electrons. The van der Waals surface area contributed by atoms with E-state index in [1.54, 1.807) is 24.0 Å². The molecule has 0 bridgehead atoms. The first-order valence-electron chi connectivity index (χ1n) is 10.1. The first-order chi connectivity index (χ1) is 15.8. The summed E-state index contributed by atoms with van der Waals surface area (Å²) in [7, 11) is 0. The van der Waals surface area contributed by atoms with E-state index in [4.69, 9.17) is 5.10 Å². The van der Waals surface area contributed by atoms with E-state index >= 15 is 4.39 Å². The number of carbonyl (C=O) groups is 1. The van der Waals surface area contributed by atoms with Crippen LogP contribution in [0.15, 0.2) is 64.4 Å². The molecule has 9 nitrogen and oxygen atoms in total. The number of aromatic nitrogens is 1. The van der Waals surface area contributed by atoms with Gasteiger partial charge in [0.2, 0.25) is 5.91 Å². The van der Waals surface area contributed by atoms with Crippen LogP contribution in [-0.2, 0) is 4.79 Å². The van der Waals surface area contributed by atoms with Gasteiger partial charge in [0, 0.05) is 41.2 Å². The van der Waals surface area contributed by atoms with Gasteiger partial charge in [0.05, 0.1) is 34.1 Å². The number of allylic oxidation sites excluding steroid dienone is 1. The first-order valence-corrected chi connectivity index (χ1v) is 11.1. The maximum atomic E-state index is 15.0. The van der Waals surface area contributed by atoms with Crippen LogP contribution >= 0.6 is 11.8 Å². The SMILES string of the molecule is CC(=O)NC1=C2SCNC23C(c2ccc(C)nc2)=NN(c2ccc([N+](=O)[O-])cc2F)C3C=C1. The van der Waals surface area contributed by atoms with Gasteiger partial charge in [-0.3, -0.25) is 30.2 Å². The number of aryl methyl sites for hydroxylation is 1. The molecule has 1 aliphatic carbocycles. The number of carbonyl (C=O) groups excluding carboxylic acids is 1. The topological polar surface area (TPSA) is 113 Å². The van der Waals surface area contributed by atoms with Crippen molar-refractivity contribution in [3.05, 3.63) is 86.5 Å². The molecule has 5 rings (SSSR count). The Balaban J connectivity index is 1.69. The van der Waals surface area contributed by atoms with Gasteiger partial charge in [-0.15, -0.1) is 11.8 Å². The highest BCUT2D eigenvalue weighted by molar-refractivity contribution is 8.03. The number of hydrogen-bond donors (Lipinski definition) is 2. The number of nitro groups is 1. The second kappa shape index (κ2) is 7.78. The fourth-order valence-electron chi connectivity index (χ4n) is 4.38. The summed E-state index contributed by atoms with van der Waals surface area (Å²) in [6.07, 6.45) is 5.36. The Hall–Kier alpha value is -3.57. The van der Waals surface area contributed by atoms with Crippen molar-refractivity contribution in [2.75, 3.05) is 10.9 Å². The van der Waals surface area contributed by atoms with Crippen molar-refractivity contribution in [1.29, 1.82) is 0 Å². The standard InChI is InChI=1S/C22H19FN6O3S/c1-12-3-4-14(10-24-12)20-22-19(8-6-17(26-13(2)30)21(22)33-11-25-22)28(27-20)18-7-5-15(29(31)32)9-16(18)23/h3-10,19,25H,11H2,1-2H3,(H,26,30). The van der Waals surface area contributed by atoms with Crippen LogP contribution < -0.4 is 15.6 Å². The van der Waals surface area contributed by atoms with Crippen LogP contribution in [0.3, 0.4) is 0 Å². The fraction of sp³-hybridized carbons (Fsp3) is 0.227. The predicted octanol–water partition coefficient (Wildman–Crippen LogP) is 2.98. The Morgan fingerprint density at radius 3 is 2.88 bits per heavy atom. The molecular formula is C22H19FN6O3S. The molecule has 11 heteroatoms. The zero-order valence-corrected chi connectivity index (χ0v) is 18.5. The van der Waals surface area contributed by atoms with E-state index in [1.807, 2.05) is 25.1 Å². The Morgan fingerprint density at radius 2 is 2.21 bits per heavy atom. The molecular weight excluding hydrogens is 447 g/mol. The number of pyridine rings is 1. The van der Waals surface area contributed by atoms with Gasteiger partial charge >= 0.3 is 0 Å². The number of benzene rings is 1. The molecule has 2 unspecified atom stereocenters. The van der Waals surface area contributed by atoms with E-state index in [0.717, 1.165) is 22.2 Å². The van der Waals surface area contributed by atoms with Crippen molar-refractivity contribution in [3.63, 3.8) is 0 Å². The van der Waals surface area contributed by atoms with Crippen LogP contribution in [0, 0.1) is 22.9 Å². The molecule has 2 aromatic rings. The lowest BCUT2D eigenvalue weighted by Crippen LogP contribution is -2.59. The second-order valence-corrected chi connectivity index (χ2v) is 8.86. The van der Waals surface area contributed by atoms with Gasteiger partial charge in [-0.2, -0.15) is 5.10 Å². The van der Waals surface area contributed by atoms with Gasteiger partial charge in [0.1, 0.15) is 5.54 Å². The molecule has 33 heavy (non-hydrogen) atoms. The largest absolute Gasteiger partial charge is 0.326 e. The second-order valence-electron chi connectivity index (χ2n) is 7.88. The highest BCUT2D eigenvalue weighted by Crippen LogP contribution is 2.49. The zero-order valence-electron chi connectivity index (χ0n) is 17.7. The predicted molar refractivity (Wildman–Crippen MR) is 123 cm³/mol. The number of nitrogens with one attached hydrogen (secondary N) is 2. The van der Waals surface area contributed by atoms with E-state index in [0.29, 0.717) is 17.3 Å². The molecule has 2 N–H and O–H groups in total. The van der Waals surface area contributed by atoms with E-state index in [2.05, 4.69) is 15.6 Å². The molecule has 168 valence electrons. The number of thioether (sulfide) groups is 1. The van der Waals surface area contributed by atoms with Crippen molar-refractivity contribution in [2.45, 2.75) is 25.4 Å². The van der Waals surface area contributed by atoms with E-state index in [-0.39, 0.29) is 17.3 Å². The number of anilines is 1. The summed E-state index contributed by atoms with van der Waals surface area (Å²) < 4.78 is 15.0. The molecule has 1 amide bonds. The van der Waals surface area contributed by atoms with Gasteiger partial charge in [-0.25, -0.2) is 4.39 Å². The van der Waals surface area contributed by atoms with Crippen molar-refractivity contribution in [2.24, 2.45) is 5.10 Å². The number of non-ortho nitro benzene ring substituents is 1. The third-order valence-electron chi connectivity index (χ3n) is 5.79. The van der Waals surface area contributed by atoms with Crippen LogP contribution in [0.25, 0.3) is 0 Å². The smallest absolute Gasteiger partial charge is 0.272 e. The Bertz CT molecular complexity index is 1280. The molecule has 2 atom stereocenters. The number of nitrogens with zero attached hydrogens (tertiary/aromatic N) is 4. The summed E-state index contributed by atoms with van der Waals surface area (Å²) in [4.78, 5) is 27.5. The maximum absolute atomic E-state index is 15.0. The molecule has 1 saturated heterocycles. The highest BCUT2D eigenvalue weighted by atomic mass is 32.2. The first kappa shape index (κ1) is 21.3. The molecule has 1 aromatic carbocycles. The van der Waals surface area contributed by atoms with Crippen LogP contribution in [-0.4, -0.2) is 39.0 Å². The van der Waals surface area contributed by atoms with Crippen LogP contribution in [0.4, 0.5) is 15.8 Å². The number of halogens is 1. The average molecular weight is 466 g/mol. The number of rotatable bonds is 4. The zero-order chi connectivity index (χ0) is 23.3. The van der Waals surface area contributed by atoms with Gasteiger partial charge in [-0.1, -0.05) is 6.08 Å². The van der Waals surface area contributed by atoms with E-state index < -0.39 is 22.3 Å². The molecule has 1 fully saturated rings. The van der Waals surface area contributed by atoms with Crippen LogP contribution in [0.2, 0.25) is 0 Å². The fourth-order valence-corrected chi connectivity index (χ4v) is 5.61. The number of amides is 1. The normalized spacial score (nSPS) is 23.3. The van der Waals surface area contributed by atoms with Crippen molar-refractivity contribution in [3.8, 4) is 0 Å². The van der Waals surface area contributed by atoms with Crippen molar-refractivity contribution >= 4 is 34.8 Å². The van der Waals surface area contributed by atoms with Gasteiger partial charge in [-0.05, 0) is 31.2 Å². The molecule has 0 saturated carbocycles. The summed E-state index contributed by atoms with van der Waals surface area (Å²) in [5, 5.41) is 23.8. The summed E-state index contributed by atoms with van der Waals surface area (Å²) in [5.74, 6) is -0.385. The third-order valence-corrected chi connectivity index (χ3v) is 6.91. The maximum Gasteiger partial charge on any atom is 0.272 e. The minimum Gasteiger partial charge on any atom is -0.326 e. The molecule has 1 spiro atoms. The van der Waals surface area contributed by atoms with Crippen molar-refractivity contribution in [1.82, 2.24) is 15.6 Å². The third kappa shape index (κ3) is 3.31. The lowest BCUT2D eigenvalue weighted by atomic mass is 9.79. The van der Waals surface area contributed by atoms with Gasteiger partial charge < -0.3 is 5.32 Å². The average Bonchev–Trinajstić information content (AvgIpc) is 3.36. The quantitative estimate of drug-likeness (QED) is 0.526. The van der Waals surface area contributed by atoms with E-state index in [9.17, 15) is 14.9 Å². The molecule has 2 aliphatic heterocycles. The number of nitro benzene ring substituents is 1. The van der Waals surface area contributed by atoms with Gasteiger partial charge in [0.25, 0.3) is 5.69 Å². The monoisotopic (exact) mass is 466 g/mol. The highest BCUT2D eigenvalue weighted by Gasteiger charge is 2.58. The minimum atomic E-state index is -0.845. The van der Waals surface area contributed by atoms with Crippen molar-refractivity contribution < 1.29 is 14.1 Å². The lowest BCUT2D eigenvalue weighted by Gasteiger charge is -2.38. The van der Waals surface area contributed by atoms with E-state index in [1.165, 1.54) is 24.1 Å². The summed E-state index contributed by atoms with van der Waals surface area (Å²) in [6.45, 7) is 3.33.